The summed E-state index contributed by atoms with van der Waals surface area (Å²) in [4.78, 5) is 15.3. The zero-order valence-corrected chi connectivity index (χ0v) is 15.5. The maximum absolute atomic E-state index is 11.2. The molecule has 1 saturated carbocycles. The number of nitriles is 1. The van der Waals surface area contributed by atoms with Crippen LogP contribution in [0.2, 0.25) is 0 Å². The second kappa shape index (κ2) is 9.55. The van der Waals surface area contributed by atoms with Crippen molar-refractivity contribution in [3.63, 3.8) is 0 Å². The van der Waals surface area contributed by atoms with E-state index in [1.165, 1.54) is 6.07 Å². The van der Waals surface area contributed by atoms with Crippen LogP contribution in [0, 0.1) is 29.1 Å². The van der Waals surface area contributed by atoms with Crippen LogP contribution in [0.1, 0.15) is 40.9 Å². The van der Waals surface area contributed by atoms with E-state index in [0.29, 0.717) is 17.3 Å². The summed E-state index contributed by atoms with van der Waals surface area (Å²) in [5, 5.41) is 24.9. The number of carboxylic acids is 1. The summed E-state index contributed by atoms with van der Waals surface area (Å²) < 4.78 is 0. The predicted molar refractivity (Wildman–Crippen MR) is 107 cm³/mol. The van der Waals surface area contributed by atoms with Gasteiger partial charge in [-0.3, -0.25) is 0 Å². The molecule has 0 bridgehead atoms. The van der Waals surface area contributed by atoms with E-state index >= 15 is 0 Å². The highest BCUT2D eigenvalue weighted by Crippen LogP contribution is 2.25. The number of rotatable bonds is 6. The van der Waals surface area contributed by atoms with Gasteiger partial charge in [-0.25, -0.2) is 9.78 Å². The van der Waals surface area contributed by atoms with Gasteiger partial charge in [0.25, 0.3) is 0 Å². The number of carbonyl (C=O) groups is 1. The molecule has 3 N–H and O–H groups in total. The number of aromatic carboxylic acids is 1. The minimum atomic E-state index is -1.00. The van der Waals surface area contributed by atoms with Gasteiger partial charge in [0.2, 0.25) is 0 Å². The standard InChI is InChI=1S/C22H22N4O2/c23-15-17-4-7-18(8-5-17)24-12-13-25-19-9-3-16(14-19)6-10-21-20(22(27)28)2-1-11-26-21/h1-2,4-5,7-8,11,16,19,24-25H,3,9,12-14H2,(H,27,28)/t16-,19-/m1/s1. The topological polar surface area (TPSA) is 98.0 Å². The molecule has 6 nitrogen and oxygen atoms in total. The Morgan fingerprint density at radius 2 is 2.04 bits per heavy atom. The Labute approximate surface area is 164 Å². The number of carboxylic acid groups (broad SMARTS) is 1. The number of pyridine rings is 1. The first kappa shape index (κ1) is 19.4. The average Bonchev–Trinajstić information content (AvgIpc) is 3.18. The molecule has 1 aromatic carbocycles. The van der Waals surface area contributed by atoms with E-state index in [2.05, 4.69) is 33.5 Å². The van der Waals surface area contributed by atoms with Crippen LogP contribution in [-0.2, 0) is 0 Å². The van der Waals surface area contributed by atoms with Crippen LogP contribution in [0.25, 0.3) is 0 Å². The second-order valence-electron chi connectivity index (χ2n) is 6.75. The summed E-state index contributed by atoms with van der Waals surface area (Å²) >= 11 is 0. The van der Waals surface area contributed by atoms with E-state index < -0.39 is 5.97 Å². The molecule has 28 heavy (non-hydrogen) atoms. The highest BCUT2D eigenvalue weighted by molar-refractivity contribution is 5.89. The zero-order chi connectivity index (χ0) is 19.8. The first-order chi connectivity index (χ1) is 13.7. The van der Waals surface area contributed by atoms with Crippen molar-refractivity contribution in [1.29, 1.82) is 5.26 Å². The minimum Gasteiger partial charge on any atom is -0.478 e. The van der Waals surface area contributed by atoms with E-state index in [4.69, 9.17) is 5.26 Å². The summed E-state index contributed by atoms with van der Waals surface area (Å²) in [6.07, 6.45) is 4.59. The molecule has 3 rings (SSSR count). The van der Waals surface area contributed by atoms with Gasteiger partial charge in [0.1, 0.15) is 5.69 Å². The van der Waals surface area contributed by atoms with Crippen LogP contribution in [0.5, 0.6) is 0 Å². The Balaban J connectivity index is 1.42. The third kappa shape index (κ3) is 5.33. The third-order valence-electron chi connectivity index (χ3n) is 4.77. The molecule has 0 saturated heterocycles. The van der Waals surface area contributed by atoms with Crippen molar-refractivity contribution in [3.05, 3.63) is 59.4 Å². The van der Waals surface area contributed by atoms with Gasteiger partial charge in [-0.05, 0) is 61.6 Å². The summed E-state index contributed by atoms with van der Waals surface area (Å²) in [5.41, 5.74) is 2.14. The molecular formula is C22H22N4O2. The van der Waals surface area contributed by atoms with Crippen molar-refractivity contribution in [2.45, 2.75) is 25.3 Å². The fourth-order valence-electron chi connectivity index (χ4n) is 3.29. The fraction of sp³-hybridized carbons (Fsp3) is 0.318. The molecule has 0 amide bonds. The summed E-state index contributed by atoms with van der Waals surface area (Å²) in [6.45, 7) is 1.64. The Morgan fingerprint density at radius 3 is 2.79 bits per heavy atom. The van der Waals surface area contributed by atoms with Crippen LogP contribution in [0.4, 0.5) is 5.69 Å². The Kier molecular flexibility index (Phi) is 6.62. The molecule has 1 fully saturated rings. The van der Waals surface area contributed by atoms with Crippen LogP contribution in [-0.4, -0.2) is 35.2 Å². The predicted octanol–water partition coefficient (Wildman–Crippen LogP) is 2.87. The average molecular weight is 374 g/mol. The zero-order valence-electron chi connectivity index (χ0n) is 15.5. The van der Waals surface area contributed by atoms with Gasteiger partial charge in [-0.2, -0.15) is 5.26 Å². The molecule has 6 heteroatoms. The number of anilines is 1. The van der Waals surface area contributed by atoms with E-state index in [0.717, 1.165) is 38.0 Å². The van der Waals surface area contributed by atoms with Crippen molar-refractivity contribution < 1.29 is 9.90 Å². The summed E-state index contributed by atoms with van der Waals surface area (Å²) in [5.74, 6) is 5.40. The maximum atomic E-state index is 11.2. The van der Waals surface area contributed by atoms with Gasteiger partial charge in [0, 0.05) is 36.9 Å². The SMILES string of the molecule is N#Cc1ccc(NCCN[C@@H]2CC[C@H](C#Cc3ncccc3C(=O)O)C2)cc1. The molecule has 1 aromatic heterocycles. The normalized spacial score (nSPS) is 18.0. The lowest BCUT2D eigenvalue weighted by atomic mass is 10.1. The molecule has 0 spiro atoms. The van der Waals surface area contributed by atoms with Gasteiger partial charge in [0.05, 0.1) is 17.2 Å². The highest BCUT2D eigenvalue weighted by Gasteiger charge is 2.22. The van der Waals surface area contributed by atoms with E-state index in [1.807, 2.05) is 12.1 Å². The van der Waals surface area contributed by atoms with E-state index in [9.17, 15) is 9.90 Å². The number of nitrogens with one attached hydrogen (secondary N) is 2. The number of nitrogens with zero attached hydrogens (tertiary/aromatic N) is 2. The van der Waals surface area contributed by atoms with Crippen LogP contribution in [0.15, 0.2) is 42.6 Å². The largest absolute Gasteiger partial charge is 0.478 e. The van der Waals surface area contributed by atoms with Crippen LogP contribution >= 0.6 is 0 Å². The van der Waals surface area contributed by atoms with E-state index in [1.54, 1.807) is 24.4 Å². The van der Waals surface area contributed by atoms with Crippen LogP contribution in [0.3, 0.4) is 0 Å². The fourth-order valence-corrected chi connectivity index (χ4v) is 3.29. The molecule has 1 aliphatic carbocycles. The molecule has 0 unspecified atom stereocenters. The van der Waals surface area contributed by atoms with Crippen molar-refractivity contribution in [3.8, 4) is 17.9 Å². The maximum Gasteiger partial charge on any atom is 0.338 e. The number of benzene rings is 1. The van der Waals surface area contributed by atoms with E-state index in [-0.39, 0.29) is 11.5 Å². The molecule has 142 valence electrons. The van der Waals surface area contributed by atoms with Crippen molar-refractivity contribution in [1.82, 2.24) is 10.3 Å². The molecule has 1 aliphatic rings. The third-order valence-corrected chi connectivity index (χ3v) is 4.77. The first-order valence-corrected chi connectivity index (χ1v) is 9.33. The summed E-state index contributed by atoms with van der Waals surface area (Å²) in [7, 11) is 0. The Morgan fingerprint density at radius 1 is 1.21 bits per heavy atom. The van der Waals surface area contributed by atoms with Gasteiger partial charge >= 0.3 is 5.97 Å². The lowest BCUT2D eigenvalue weighted by molar-refractivity contribution is 0.0696. The monoisotopic (exact) mass is 374 g/mol. The summed E-state index contributed by atoms with van der Waals surface area (Å²) in [6, 6.07) is 13.1. The number of hydrogen-bond donors (Lipinski definition) is 3. The Hall–Kier alpha value is -3.35. The van der Waals surface area contributed by atoms with Gasteiger partial charge in [0.15, 0.2) is 0 Å². The molecule has 2 aromatic rings. The van der Waals surface area contributed by atoms with Gasteiger partial charge in [-0.1, -0.05) is 5.92 Å². The number of aromatic nitrogens is 1. The van der Waals surface area contributed by atoms with Crippen LogP contribution < -0.4 is 10.6 Å². The van der Waals surface area contributed by atoms with Crippen molar-refractivity contribution in [2.75, 3.05) is 18.4 Å². The quantitative estimate of drug-likeness (QED) is 0.531. The van der Waals surface area contributed by atoms with Gasteiger partial charge in [-0.15, -0.1) is 0 Å². The highest BCUT2D eigenvalue weighted by atomic mass is 16.4. The molecular weight excluding hydrogens is 352 g/mol. The number of hydrogen-bond acceptors (Lipinski definition) is 5. The Bertz CT molecular complexity index is 922. The molecule has 0 radical (unpaired) electrons. The van der Waals surface area contributed by atoms with Gasteiger partial charge < -0.3 is 15.7 Å². The molecule has 0 aliphatic heterocycles. The van der Waals surface area contributed by atoms with Crippen molar-refractivity contribution in [2.24, 2.45) is 5.92 Å². The first-order valence-electron chi connectivity index (χ1n) is 9.33. The minimum absolute atomic E-state index is 0.150. The lowest BCUT2D eigenvalue weighted by Crippen LogP contribution is -2.31. The second-order valence-corrected chi connectivity index (χ2v) is 6.75. The lowest BCUT2D eigenvalue weighted by Gasteiger charge is -2.13. The molecule has 1 heterocycles. The molecule has 2 atom stereocenters. The smallest absolute Gasteiger partial charge is 0.338 e. The van der Waals surface area contributed by atoms with Crippen molar-refractivity contribution >= 4 is 11.7 Å².